The van der Waals surface area contributed by atoms with Crippen molar-refractivity contribution in [1.29, 1.82) is 0 Å². The Morgan fingerprint density at radius 2 is 2.08 bits per heavy atom. The second kappa shape index (κ2) is 5.72. The Kier molecular flexibility index (Phi) is 5.78. The normalized spacial score (nSPS) is 12.5. The van der Waals surface area contributed by atoms with Crippen LogP contribution in [0, 0.1) is 0 Å². The lowest BCUT2D eigenvalue weighted by Crippen LogP contribution is -2.40. The Bertz CT molecular complexity index is 122. The van der Waals surface area contributed by atoms with Crippen LogP contribution in [0.15, 0.2) is 0 Å². The highest BCUT2D eigenvalue weighted by Crippen LogP contribution is 2.12. The van der Waals surface area contributed by atoms with Crippen LogP contribution < -0.4 is 5.73 Å². The molecule has 0 saturated heterocycles. The number of hydrogen-bond acceptors (Lipinski definition) is 3. The van der Waals surface area contributed by atoms with Crippen molar-refractivity contribution in [3.8, 4) is 0 Å². The van der Waals surface area contributed by atoms with Crippen molar-refractivity contribution in [1.82, 2.24) is 4.90 Å². The van der Waals surface area contributed by atoms with Crippen LogP contribution >= 0.6 is 11.8 Å². The van der Waals surface area contributed by atoms with Gasteiger partial charge in [0.2, 0.25) is 0 Å². The van der Waals surface area contributed by atoms with E-state index in [-0.39, 0.29) is 6.54 Å². The largest absolute Gasteiger partial charge is 0.325 e. The van der Waals surface area contributed by atoms with Crippen molar-refractivity contribution in [3.05, 3.63) is 0 Å². The van der Waals surface area contributed by atoms with Gasteiger partial charge in [-0.1, -0.05) is 0 Å². The van der Waals surface area contributed by atoms with Crippen LogP contribution in [0.25, 0.3) is 0 Å². The fourth-order valence-corrected chi connectivity index (χ4v) is 1.28. The molecule has 0 aromatic carbocycles. The summed E-state index contributed by atoms with van der Waals surface area (Å²) < 4.78 is 25.3. The van der Waals surface area contributed by atoms with Gasteiger partial charge in [-0.15, -0.1) is 0 Å². The van der Waals surface area contributed by atoms with Crippen molar-refractivity contribution >= 4 is 11.8 Å². The summed E-state index contributed by atoms with van der Waals surface area (Å²) in [5, 5.41) is 0. The summed E-state index contributed by atoms with van der Waals surface area (Å²) in [7, 11) is 1.68. The van der Waals surface area contributed by atoms with Gasteiger partial charge in [0, 0.05) is 12.3 Å². The summed E-state index contributed by atoms with van der Waals surface area (Å²) in [5.41, 5.74) is 4.90. The number of rotatable bonds is 6. The summed E-state index contributed by atoms with van der Waals surface area (Å²) in [6.45, 7) is -0.141. The highest BCUT2D eigenvalue weighted by atomic mass is 32.2. The predicted molar refractivity (Wildman–Crippen MR) is 49.9 cm³/mol. The first-order valence-corrected chi connectivity index (χ1v) is 5.16. The van der Waals surface area contributed by atoms with Gasteiger partial charge in [-0.2, -0.15) is 11.8 Å². The van der Waals surface area contributed by atoms with Crippen molar-refractivity contribution in [3.63, 3.8) is 0 Å². The Morgan fingerprint density at radius 1 is 1.50 bits per heavy atom. The molecule has 0 aliphatic rings. The zero-order valence-electron chi connectivity index (χ0n) is 7.52. The SMILES string of the molecule is CSCCN(C)CC(F)(F)CN. The van der Waals surface area contributed by atoms with E-state index >= 15 is 0 Å². The number of nitrogens with zero attached hydrogens (tertiary/aromatic N) is 1. The number of nitrogens with two attached hydrogens (primary N) is 1. The molecule has 5 heteroatoms. The maximum Gasteiger partial charge on any atom is 0.272 e. The molecule has 0 radical (unpaired) electrons. The van der Waals surface area contributed by atoms with Crippen molar-refractivity contribution in [2.45, 2.75) is 5.92 Å². The molecule has 0 rings (SSSR count). The van der Waals surface area contributed by atoms with Gasteiger partial charge in [0.1, 0.15) is 0 Å². The Balaban J connectivity index is 3.60. The molecule has 0 saturated carbocycles. The van der Waals surface area contributed by atoms with Gasteiger partial charge in [0.05, 0.1) is 13.1 Å². The molecule has 0 unspecified atom stereocenters. The third-order valence-corrected chi connectivity index (χ3v) is 2.07. The second-order valence-electron chi connectivity index (χ2n) is 2.79. The first kappa shape index (κ1) is 12.1. The standard InChI is InChI=1S/C7H16F2N2S/c1-11(3-4-12-2)6-7(8,9)5-10/h3-6,10H2,1-2H3. The van der Waals surface area contributed by atoms with Crippen LogP contribution in [0.1, 0.15) is 0 Å². The fourth-order valence-electron chi connectivity index (χ4n) is 0.786. The van der Waals surface area contributed by atoms with Crippen molar-refractivity contribution < 1.29 is 8.78 Å². The molecule has 0 spiro atoms. The summed E-state index contributed by atoms with van der Waals surface area (Å²) in [4.78, 5) is 1.60. The van der Waals surface area contributed by atoms with E-state index in [0.29, 0.717) is 6.54 Å². The molecular weight excluding hydrogens is 182 g/mol. The van der Waals surface area contributed by atoms with Gasteiger partial charge in [0.15, 0.2) is 0 Å². The highest BCUT2D eigenvalue weighted by molar-refractivity contribution is 7.98. The van der Waals surface area contributed by atoms with E-state index in [0.717, 1.165) is 5.75 Å². The number of alkyl halides is 2. The van der Waals surface area contributed by atoms with E-state index in [1.807, 2.05) is 6.26 Å². The van der Waals surface area contributed by atoms with E-state index in [1.165, 1.54) is 0 Å². The lowest BCUT2D eigenvalue weighted by Gasteiger charge is -2.22. The maximum absolute atomic E-state index is 12.7. The third kappa shape index (κ3) is 5.74. The van der Waals surface area contributed by atoms with Crippen molar-refractivity contribution in [2.24, 2.45) is 5.73 Å². The average molecular weight is 198 g/mol. The highest BCUT2D eigenvalue weighted by Gasteiger charge is 2.27. The molecule has 0 aliphatic heterocycles. The monoisotopic (exact) mass is 198 g/mol. The fraction of sp³-hybridized carbons (Fsp3) is 1.00. The number of halogens is 2. The second-order valence-corrected chi connectivity index (χ2v) is 3.78. The van der Waals surface area contributed by atoms with Crippen LogP contribution in [0.4, 0.5) is 8.78 Å². The summed E-state index contributed by atoms with van der Waals surface area (Å²) in [6, 6.07) is 0. The van der Waals surface area contributed by atoms with E-state index < -0.39 is 12.5 Å². The molecule has 0 heterocycles. The maximum atomic E-state index is 12.7. The molecule has 0 aromatic heterocycles. The van der Waals surface area contributed by atoms with E-state index in [2.05, 4.69) is 0 Å². The van der Waals surface area contributed by atoms with Crippen LogP contribution in [-0.2, 0) is 0 Å². The Morgan fingerprint density at radius 3 is 2.50 bits per heavy atom. The van der Waals surface area contributed by atoms with Gasteiger partial charge >= 0.3 is 0 Å². The zero-order valence-corrected chi connectivity index (χ0v) is 8.33. The zero-order chi connectivity index (χ0) is 9.61. The Hall–Kier alpha value is 0.130. The minimum atomic E-state index is -2.74. The van der Waals surface area contributed by atoms with E-state index in [1.54, 1.807) is 23.7 Å². The summed E-state index contributed by atoms with van der Waals surface area (Å²) in [6.07, 6.45) is 1.95. The number of hydrogen-bond donors (Lipinski definition) is 1. The lowest BCUT2D eigenvalue weighted by molar-refractivity contribution is -0.0161. The molecule has 0 bridgehead atoms. The van der Waals surface area contributed by atoms with Gasteiger partial charge in [-0.05, 0) is 13.3 Å². The predicted octanol–water partition coefficient (Wildman–Crippen LogP) is 0.875. The topological polar surface area (TPSA) is 29.3 Å². The molecule has 12 heavy (non-hydrogen) atoms. The number of thioether (sulfide) groups is 1. The van der Waals surface area contributed by atoms with Crippen LogP contribution in [-0.4, -0.2) is 49.5 Å². The van der Waals surface area contributed by atoms with Gasteiger partial charge in [-0.3, -0.25) is 4.90 Å². The molecule has 0 aliphatic carbocycles. The Labute approximate surface area is 76.5 Å². The van der Waals surface area contributed by atoms with Gasteiger partial charge in [-0.25, -0.2) is 8.78 Å². The molecule has 74 valence electrons. The van der Waals surface area contributed by atoms with Crippen LogP contribution in [0.5, 0.6) is 0 Å². The third-order valence-electron chi connectivity index (χ3n) is 1.48. The molecule has 2 N–H and O–H groups in total. The molecule has 0 atom stereocenters. The van der Waals surface area contributed by atoms with Crippen molar-refractivity contribution in [2.75, 3.05) is 38.7 Å². The smallest absolute Gasteiger partial charge is 0.272 e. The molecule has 0 aromatic rings. The quantitative estimate of drug-likeness (QED) is 0.687. The van der Waals surface area contributed by atoms with E-state index in [9.17, 15) is 8.78 Å². The average Bonchev–Trinajstić information content (AvgIpc) is 2.00. The first-order chi connectivity index (χ1) is 5.52. The summed E-state index contributed by atoms with van der Waals surface area (Å²) in [5.74, 6) is -1.87. The first-order valence-electron chi connectivity index (χ1n) is 3.77. The minimum Gasteiger partial charge on any atom is -0.325 e. The lowest BCUT2D eigenvalue weighted by atomic mass is 10.3. The molecular formula is C7H16F2N2S. The van der Waals surface area contributed by atoms with Crippen LogP contribution in [0.2, 0.25) is 0 Å². The summed E-state index contributed by atoms with van der Waals surface area (Å²) >= 11 is 1.65. The van der Waals surface area contributed by atoms with Gasteiger partial charge < -0.3 is 5.73 Å². The van der Waals surface area contributed by atoms with Crippen LogP contribution in [0.3, 0.4) is 0 Å². The van der Waals surface area contributed by atoms with Gasteiger partial charge in [0.25, 0.3) is 5.92 Å². The molecule has 2 nitrogen and oxygen atoms in total. The minimum absolute atomic E-state index is 0.246. The van der Waals surface area contributed by atoms with E-state index in [4.69, 9.17) is 5.73 Å². The molecule has 0 fully saturated rings. The molecule has 0 amide bonds.